The molecule has 9 nitrogen and oxygen atoms in total. The summed E-state index contributed by atoms with van der Waals surface area (Å²) in [5.41, 5.74) is 11.9. The van der Waals surface area contributed by atoms with E-state index in [0.29, 0.717) is 24.9 Å². The molecule has 1 amide bonds. The first-order valence-electron chi connectivity index (χ1n) is 11.9. The van der Waals surface area contributed by atoms with Crippen molar-refractivity contribution in [2.45, 2.75) is 25.8 Å². The number of nitrogens with one attached hydrogen (secondary N) is 1. The molecule has 0 radical (unpaired) electrons. The number of aromatic nitrogens is 4. The largest absolute Gasteiger partial charge is 0.383 e. The summed E-state index contributed by atoms with van der Waals surface area (Å²) in [5, 5.41) is 3.06. The van der Waals surface area contributed by atoms with Crippen LogP contribution in [0.4, 0.5) is 11.6 Å². The molecular weight excluding hydrogens is 442 g/mol. The van der Waals surface area contributed by atoms with E-state index in [-0.39, 0.29) is 11.9 Å². The van der Waals surface area contributed by atoms with Crippen molar-refractivity contribution in [3.63, 3.8) is 0 Å². The number of morpholine rings is 1. The Kier molecular flexibility index (Phi) is 5.33. The van der Waals surface area contributed by atoms with E-state index in [2.05, 4.69) is 38.0 Å². The van der Waals surface area contributed by atoms with E-state index in [9.17, 15) is 4.79 Å². The van der Waals surface area contributed by atoms with E-state index >= 15 is 0 Å². The fourth-order valence-corrected chi connectivity index (χ4v) is 5.09. The van der Waals surface area contributed by atoms with Gasteiger partial charge in [0.2, 0.25) is 5.91 Å². The molecule has 3 N–H and O–H groups in total. The molecule has 4 heterocycles. The number of fused-ring (bicyclic) bond motifs is 2. The van der Waals surface area contributed by atoms with Crippen molar-refractivity contribution in [3.05, 3.63) is 59.8 Å². The van der Waals surface area contributed by atoms with Crippen LogP contribution in [0.3, 0.4) is 0 Å². The van der Waals surface area contributed by atoms with Crippen LogP contribution in [0, 0.1) is 0 Å². The first kappa shape index (κ1) is 21.5. The molecule has 0 unspecified atom stereocenters. The van der Waals surface area contributed by atoms with Crippen molar-refractivity contribution < 1.29 is 9.53 Å². The minimum Gasteiger partial charge on any atom is -0.383 e. The van der Waals surface area contributed by atoms with Crippen molar-refractivity contribution in [1.82, 2.24) is 24.8 Å². The zero-order valence-corrected chi connectivity index (χ0v) is 19.6. The predicted molar refractivity (Wildman–Crippen MR) is 134 cm³/mol. The van der Waals surface area contributed by atoms with Crippen molar-refractivity contribution >= 4 is 28.7 Å². The molecule has 2 aliphatic rings. The van der Waals surface area contributed by atoms with E-state index in [1.807, 2.05) is 24.3 Å². The number of nitrogen functional groups attached to an aromatic ring is 1. The van der Waals surface area contributed by atoms with Crippen LogP contribution in [0.15, 0.2) is 48.7 Å². The number of carbonyl (C=O) groups is 1. The average molecular weight is 470 g/mol. The van der Waals surface area contributed by atoms with Crippen LogP contribution in [0.2, 0.25) is 0 Å². The molecule has 0 bridgehead atoms. The average Bonchev–Trinajstić information content (AvgIpc) is 3.45. The number of amides is 1. The van der Waals surface area contributed by atoms with Gasteiger partial charge in [-0.3, -0.25) is 9.36 Å². The Morgan fingerprint density at radius 2 is 2.00 bits per heavy atom. The summed E-state index contributed by atoms with van der Waals surface area (Å²) in [6, 6.07) is 14.2. The predicted octanol–water partition coefficient (Wildman–Crippen LogP) is 3.02. The Morgan fingerprint density at radius 1 is 1.14 bits per heavy atom. The van der Waals surface area contributed by atoms with Crippen molar-refractivity contribution in [2.75, 3.05) is 36.9 Å². The lowest BCUT2D eigenvalue weighted by Crippen LogP contribution is -2.36. The highest BCUT2D eigenvalue weighted by molar-refractivity contribution is 5.84. The first-order chi connectivity index (χ1) is 17.1. The number of pyridine rings is 2. The Balaban J connectivity index is 1.52. The molecule has 1 fully saturated rings. The van der Waals surface area contributed by atoms with E-state index < -0.39 is 0 Å². The Labute approximate surface area is 203 Å². The van der Waals surface area contributed by atoms with E-state index in [1.54, 1.807) is 13.1 Å². The summed E-state index contributed by atoms with van der Waals surface area (Å²) >= 11 is 0. The summed E-state index contributed by atoms with van der Waals surface area (Å²) in [6.45, 7) is 4.55. The van der Waals surface area contributed by atoms with Gasteiger partial charge >= 0.3 is 0 Å². The lowest BCUT2D eigenvalue weighted by molar-refractivity contribution is -0.119. The van der Waals surface area contributed by atoms with Gasteiger partial charge in [-0.05, 0) is 60.4 Å². The Bertz CT molecular complexity index is 1420. The lowest BCUT2D eigenvalue weighted by Gasteiger charge is -2.27. The molecule has 1 aliphatic carbocycles. The van der Waals surface area contributed by atoms with Crippen LogP contribution < -0.4 is 16.0 Å². The Hall–Kier alpha value is -3.98. The zero-order chi connectivity index (χ0) is 23.9. The van der Waals surface area contributed by atoms with Gasteiger partial charge in [0.1, 0.15) is 17.2 Å². The quantitative estimate of drug-likeness (QED) is 0.473. The SMILES string of the molecule is CC(=O)N[C@H]1CCc2cc(-n3c(-c4cccnc4N)nc4ccc(N5CCOCC5)nc43)ccc21. The number of anilines is 2. The standard InChI is InChI=1S/C26H27N7O2/c1-16(34)29-21-7-4-17-15-18(5-6-19(17)21)33-25(20-3-2-10-28-24(20)27)30-22-8-9-23(31-26(22)33)32-11-13-35-14-12-32/h2-3,5-6,8-10,15,21H,4,7,11-14H2,1H3,(H2,27,28)(H,29,34)/t21-/m0/s1. The fourth-order valence-electron chi connectivity index (χ4n) is 5.09. The van der Waals surface area contributed by atoms with Crippen LogP contribution in [-0.4, -0.2) is 51.7 Å². The summed E-state index contributed by atoms with van der Waals surface area (Å²) in [7, 11) is 0. The van der Waals surface area contributed by atoms with Crippen molar-refractivity contribution in [2.24, 2.45) is 0 Å². The first-order valence-corrected chi connectivity index (χ1v) is 11.9. The smallest absolute Gasteiger partial charge is 0.217 e. The number of imidazole rings is 1. The van der Waals surface area contributed by atoms with Crippen molar-refractivity contribution in [1.29, 1.82) is 0 Å². The van der Waals surface area contributed by atoms with Crippen LogP contribution in [0.5, 0.6) is 0 Å². The number of carbonyl (C=O) groups excluding carboxylic acids is 1. The minimum absolute atomic E-state index is 0.0123. The second kappa shape index (κ2) is 8.66. The maximum Gasteiger partial charge on any atom is 0.217 e. The highest BCUT2D eigenvalue weighted by Crippen LogP contribution is 2.36. The zero-order valence-electron chi connectivity index (χ0n) is 19.6. The van der Waals surface area contributed by atoms with Gasteiger partial charge in [0, 0.05) is 31.9 Å². The van der Waals surface area contributed by atoms with Crippen LogP contribution >= 0.6 is 0 Å². The van der Waals surface area contributed by atoms with Gasteiger partial charge in [0.15, 0.2) is 11.5 Å². The maximum atomic E-state index is 11.6. The highest BCUT2D eigenvalue weighted by atomic mass is 16.5. The van der Waals surface area contributed by atoms with Gasteiger partial charge in [-0.2, -0.15) is 0 Å². The van der Waals surface area contributed by atoms with Gasteiger partial charge in [0.25, 0.3) is 0 Å². The highest BCUT2D eigenvalue weighted by Gasteiger charge is 2.25. The number of ether oxygens (including phenoxy) is 1. The van der Waals surface area contributed by atoms with E-state index in [4.69, 9.17) is 20.4 Å². The monoisotopic (exact) mass is 469 g/mol. The van der Waals surface area contributed by atoms with Gasteiger partial charge in [0.05, 0.1) is 24.8 Å². The topological polar surface area (TPSA) is 111 Å². The van der Waals surface area contributed by atoms with Gasteiger partial charge in [-0.15, -0.1) is 0 Å². The fraction of sp³-hybridized carbons (Fsp3) is 0.308. The maximum absolute atomic E-state index is 11.6. The van der Waals surface area contributed by atoms with Gasteiger partial charge in [-0.1, -0.05) is 6.07 Å². The molecular formula is C26H27N7O2. The number of hydrogen-bond acceptors (Lipinski definition) is 7. The van der Waals surface area contributed by atoms with Crippen LogP contribution in [0.1, 0.15) is 30.5 Å². The van der Waals surface area contributed by atoms with Gasteiger partial charge in [-0.25, -0.2) is 15.0 Å². The van der Waals surface area contributed by atoms with Crippen LogP contribution in [-0.2, 0) is 16.0 Å². The third-order valence-corrected chi connectivity index (χ3v) is 6.74. The van der Waals surface area contributed by atoms with E-state index in [0.717, 1.165) is 59.7 Å². The number of rotatable bonds is 4. The number of hydrogen-bond donors (Lipinski definition) is 2. The molecule has 1 aliphatic heterocycles. The molecule has 178 valence electrons. The molecule has 9 heteroatoms. The van der Waals surface area contributed by atoms with E-state index in [1.165, 1.54) is 5.56 Å². The molecule has 1 aromatic carbocycles. The van der Waals surface area contributed by atoms with Crippen LogP contribution in [0.25, 0.3) is 28.2 Å². The molecule has 0 saturated carbocycles. The number of benzene rings is 1. The molecule has 35 heavy (non-hydrogen) atoms. The molecule has 4 aromatic rings. The third kappa shape index (κ3) is 3.87. The summed E-state index contributed by atoms with van der Waals surface area (Å²) in [4.78, 5) is 28.2. The number of nitrogens with zero attached hydrogens (tertiary/aromatic N) is 5. The summed E-state index contributed by atoms with van der Waals surface area (Å²) in [6.07, 6.45) is 3.47. The summed E-state index contributed by atoms with van der Waals surface area (Å²) < 4.78 is 7.59. The number of aryl methyl sites for hydroxylation is 1. The normalized spacial score (nSPS) is 17.5. The number of nitrogens with two attached hydrogens (primary N) is 1. The molecule has 6 rings (SSSR count). The summed E-state index contributed by atoms with van der Waals surface area (Å²) in [5.74, 6) is 2.01. The second-order valence-corrected chi connectivity index (χ2v) is 8.99. The molecule has 3 aromatic heterocycles. The molecule has 1 atom stereocenters. The minimum atomic E-state index is -0.0123. The molecule has 1 saturated heterocycles. The van der Waals surface area contributed by atoms with Crippen molar-refractivity contribution in [3.8, 4) is 17.1 Å². The Morgan fingerprint density at radius 3 is 2.80 bits per heavy atom. The second-order valence-electron chi connectivity index (χ2n) is 8.99. The van der Waals surface area contributed by atoms with Gasteiger partial charge < -0.3 is 20.7 Å². The molecule has 0 spiro atoms. The lowest BCUT2D eigenvalue weighted by atomic mass is 10.1. The third-order valence-electron chi connectivity index (χ3n) is 6.74.